The molecule has 14 heteroatoms. The van der Waals surface area contributed by atoms with Crippen molar-refractivity contribution < 1.29 is 67.0 Å². The highest BCUT2D eigenvalue weighted by Crippen LogP contribution is 2.61. The Labute approximate surface area is 450 Å². The van der Waals surface area contributed by atoms with Crippen molar-refractivity contribution in [2.24, 2.45) is 69.0 Å². The van der Waals surface area contributed by atoms with Gasteiger partial charge in [0, 0.05) is 6.42 Å². The van der Waals surface area contributed by atoms with Gasteiger partial charge in [-0.1, -0.05) is 34.6 Å². The molecule has 1 heterocycles. The van der Waals surface area contributed by atoms with Crippen LogP contribution in [0.1, 0.15) is 232 Å². The van der Waals surface area contributed by atoms with Crippen LogP contribution in [0.5, 0.6) is 0 Å². The molecule has 0 spiro atoms. The van der Waals surface area contributed by atoms with E-state index in [1.54, 1.807) is 13.8 Å². The normalized spacial score (nSPS) is 35.9. The first kappa shape index (κ1) is 60.8. The number of fused-ring (bicyclic) bond motifs is 1. The summed E-state index contributed by atoms with van der Waals surface area (Å²) in [6.07, 6.45) is 19.8. The third-order valence-electron chi connectivity index (χ3n) is 20.2. The first-order valence-electron chi connectivity index (χ1n) is 29.5. The number of esters is 5. The molecule has 0 aromatic rings. The lowest BCUT2D eigenvalue weighted by molar-refractivity contribution is -0.222. The predicted octanol–water partition coefficient (Wildman–Crippen LogP) is 12.6. The van der Waals surface area contributed by atoms with Crippen molar-refractivity contribution in [3.8, 4) is 0 Å². The van der Waals surface area contributed by atoms with Gasteiger partial charge >= 0.3 is 36.0 Å². The average molecular weight is 1060 g/mol. The number of carbonyl (C=O) groups excluding carboxylic acids is 6. The Balaban J connectivity index is 0.000000165. The van der Waals surface area contributed by atoms with Crippen LogP contribution in [0.15, 0.2) is 0 Å². The van der Waals surface area contributed by atoms with E-state index < -0.39 is 34.2 Å². The monoisotopic (exact) mass is 1060 g/mol. The molecule has 10 saturated carbocycles. The Hall–Kier alpha value is -3.42. The highest BCUT2D eigenvalue weighted by Gasteiger charge is 2.60. The van der Waals surface area contributed by atoms with Gasteiger partial charge < -0.3 is 38.3 Å². The first-order chi connectivity index (χ1) is 34.9. The number of carbonyl (C=O) groups is 6. The Bertz CT molecular complexity index is 1980. The third-order valence-corrected chi connectivity index (χ3v) is 20.2. The summed E-state index contributed by atoms with van der Waals surface area (Å²) in [6, 6.07) is 0. The Morgan fingerprint density at radius 2 is 1.07 bits per heavy atom. The van der Waals surface area contributed by atoms with Crippen molar-refractivity contribution in [3.63, 3.8) is 0 Å². The fraction of sp³-hybridized carbons (Fsp3) is 0.902. The van der Waals surface area contributed by atoms with Crippen molar-refractivity contribution in [2.45, 2.75) is 267 Å². The summed E-state index contributed by atoms with van der Waals surface area (Å²) in [7, 11) is 0. The summed E-state index contributed by atoms with van der Waals surface area (Å²) in [6.45, 7) is 27.8. The molecule has 11 fully saturated rings. The molecule has 75 heavy (non-hydrogen) atoms. The number of hydrogen-bond donors (Lipinski definition) is 1. The van der Waals surface area contributed by atoms with E-state index in [9.17, 15) is 33.9 Å². The smallest absolute Gasteiger partial charge is 0.465 e. The van der Waals surface area contributed by atoms with Crippen molar-refractivity contribution in [1.29, 1.82) is 0 Å². The van der Waals surface area contributed by atoms with E-state index in [1.807, 2.05) is 62.3 Å². The standard InChI is InChI=1S/C18H28O5.C17H28O2.C14H22O5.C12H22O2/c1-4-16(2,3)15(20)22-10-14(19)23-18-8-12-5-13(9-18)7-17(21,6-12)11-18;1-5-16(2,3)15(18)19-17(4)13-7-11-6-12(9-13)10-14(17)8-11;1-4-14(2,3)12(15)17-8-9-5-6-10-11(7-9)19-13(16)18-10;1-5-12(3,4)11(13)14-10-7-6-9(2)8-10/h12-13,21H,4-11H2,1-3H3;11-14H,5-10H2,1-4H3;9-11H,4-8H2,1-3H3;9-10H,5-8H2,1-4H3. The second-order valence-electron chi connectivity index (χ2n) is 28.0. The summed E-state index contributed by atoms with van der Waals surface area (Å²) in [5.41, 5.74) is -3.04. The maximum absolute atomic E-state index is 12.5. The van der Waals surface area contributed by atoms with Gasteiger partial charge in [-0.3, -0.25) is 19.2 Å². The highest BCUT2D eigenvalue weighted by molar-refractivity contribution is 5.80. The molecular weight excluding hydrogens is 957 g/mol. The maximum atomic E-state index is 12.5. The maximum Gasteiger partial charge on any atom is 0.509 e. The molecule has 1 N–H and O–H groups in total. The van der Waals surface area contributed by atoms with Crippen LogP contribution in [0.3, 0.4) is 0 Å². The van der Waals surface area contributed by atoms with E-state index in [1.165, 1.54) is 38.5 Å². The summed E-state index contributed by atoms with van der Waals surface area (Å²) in [4.78, 5) is 71.2. The largest absolute Gasteiger partial charge is 0.509 e. The Morgan fingerprint density at radius 3 is 1.57 bits per heavy atom. The lowest BCUT2D eigenvalue weighted by atomic mass is 9.50. The van der Waals surface area contributed by atoms with Gasteiger partial charge in [0.1, 0.15) is 29.5 Å². The van der Waals surface area contributed by atoms with Crippen LogP contribution in [0.4, 0.5) is 4.79 Å². The van der Waals surface area contributed by atoms with E-state index >= 15 is 0 Å². The van der Waals surface area contributed by atoms with Crippen LogP contribution in [-0.4, -0.2) is 89.4 Å². The van der Waals surface area contributed by atoms with Crippen molar-refractivity contribution in [1.82, 2.24) is 0 Å². The van der Waals surface area contributed by atoms with Crippen LogP contribution in [0.25, 0.3) is 0 Å². The quantitative estimate of drug-likeness (QED) is 0.120. The lowest BCUT2D eigenvalue weighted by Gasteiger charge is -2.59. The SMILES string of the molecule is CCC(C)(C)C(=O)OC1(C)C2CC3CC(C2)CC1C3.CCC(C)(C)C(=O)OC1CCC(C)C1.CCC(C)(C)C(=O)OCC(=O)OC12CC3CC(CC(O)(C3)C1)C2.CCC(C)(C)C(=O)OCC1CCC2OC(=O)OC2C1. The predicted molar refractivity (Wildman–Crippen MR) is 284 cm³/mol. The van der Waals surface area contributed by atoms with Crippen molar-refractivity contribution in [3.05, 3.63) is 0 Å². The second-order valence-corrected chi connectivity index (χ2v) is 28.0. The van der Waals surface area contributed by atoms with Crippen molar-refractivity contribution >= 4 is 36.0 Å². The molecule has 0 radical (unpaired) electrons. The fourth-order valence-corrected chi connectivity index (χ4v) is 13.9. The van der Waals surface area contributed by atoms with Crippen LogP contribution in [0, 0.1) is 69.0 Å². The van der Waals surface area contributed by atoms with Crippen LogP contribution < -0.4 is 0 Å². The Kier molecular flexibility index (Phi) is 19.4. The van der Waals surface area contributed by atoms with Gasteiger partial charge in [-0.15, -0.1) is 0 Å². The van der Waals surface area contributed by atoms with Gasteiger partial charge in [0.05, 0.1) is 33.9 Å². The molecule has 11 rings (SSSR count). The van der Waals surface area contributed by atoms with Gasteiger partial charge in [0.15, 0.2) is 6.61 Å². The zero-order chi connectivity index (χ0) is 55.5. The van der Waals surface area contributed by atoms with E-state index in [0.29, 0.717) is 43.1 Å². The highest BCUT2D eigenvalue weighted by atomic mass is 16.8. The van der Waals surface area contributed by atoms with E-state index in [0.717, 1.165) is 101 Å². The van der Waals surface area contributed by atoms with Crippen LogP contribution in [-0.2, 0) is 57.1 Å². The molecule has 8 bridgehead atoms. The average Bonchev–Trinajstić information content (AvgIpc) is 3.93. The van der Waals surface area contributed by atoms with Crippen molar-refractivity contribution in [2.75, 3.05) is 13.2 Å². The number of ether oxygens (including phenoxy) is 7. The van der Waals surface area contributed by atoms with Gasteiger partial charge in [-0.25, -0.2) is 9.59 Å². The number of hydrogen-bond acceptors (Lipinski definition) is 14. The molecule has 1 aliphatic heterocycles. The molecule has 0 amide bonds. The minimum absolute atomic E-state index is 0.0185. The second kappa shape index (κ2) is 23.9. The first-order valence-corrected chi connectivity index (χ1v) is 29.5. The summed E-state index contributed by atoms with van der Waals surface area (Å²) in [5, 5.41) is 10.7. The molecule has 0 aromatic carbocycles. The number of rotatable bonds is 15. The zero-order valence-electron chi connectivity index (χ0n) is 48.9. The summed E-state index contributed by atoms with van der Waals surface area (Å²) in [5.74, 6) is 3.96. The van der Waals surface area contributed by atoms with E-state index in [2.05, 4.69) is 20.8 Å². The lowest BCUT2D eigenvalue weighted by Crippen LogP contribution is -2.60. The molecule has 7 unspecified atom stereocenters. The molecule has 0 aromatic heterocycles. The molecule has 14 nitrogen and oxygen atoms in total. The summed E-state index contributed by atoms with van der Waals surface area (Å²) < 4.78 is 38.0. The fourth-order valence-electron chi connectivity index (χ4n) is 13.9. The zero-order valence-corrected chi connectivity index (χ0v) is 48.9. The summed E-state index contributed by atoms with van der Waals surface area (Å²) >= 11 is 0. The van der Waals surface area contributed by atoms with Crippen LogP contribution in [0.2, 0.25) is 0 Å². The van der Waals surface area contributed by atoms with E-state index in [4.69, 9.17) is 33.2 Å². The van der Waals surface area contributed by atoms with Gasteiger partial charge in [0.2, 0.25) is 0 Å². The molecular formula is C61H100O14. The van der Waals surface area contributed by atoms with Gasteiger partial charge in [-0.2, -0.15) is 0 Å². The molecule has 11 aliphatic rings. The third kappa shape index (κ3) is 15.0. The number of aliphatic hydroxyl groups is 1. The topological polar surface area (TPSA) is 187 Å². The Morgan fingerprint density at radius 1 is 0.573 bits per heavy atom. The molecule has 7 atom stereocenters. The molecule has 428 valence electrons. The molecule has 10 aliphatic carbocycles. The van der Waals surface area contributed by atoms with Crippen LogP contribution >= 0.6 is 0 Å². The minimum Gasteiger partial charge on any atom is -0.465 e. The minimum atomic E-state index is -0.661. The van der Waals surface area contributed by atoms with Gasteiger partial charge in [0.25, 0.3) is 0 Å². The molecule has 1 saturated heterocycles. The van der Waals surface area contributed by atoms with E-state index in [-0.39, 0.29) is 71.1 Å². The van der Waals surface area contributed by atoms with Gasteiger partial charge in [-0.05, 0) is 238 Å².